The molecule has 118 valence electrons. The SMILES string of the molecule is O=c1c2[nH]c3ccc(F)cc3c2ncn1N=Cc1ccc(Cl)cc1. The van der Waals surface area contributed by atoms with Gasteiger partial charge in [0.05, 0.1) is 6.21 Å². The molecular weight excluding hydrogens is 331 g/mol. The Hall–Kier alpha value is -2.99. The van der Waals surface area contributed by atoms with Gasteiger partial charge in [0.15, 0.2) is 0 Å². The third-order valence-corrected chi connectivity index (χ3v) is 3.90. The van der Waals surface area contributed by atoms with Crippen molar-refractivity contribution < 1.29 is 4.39 Å². The molecule has 0 amide bonds. The van der Waals surface area contributed by atoms with Crippen molar-refractivity contribution in [3.63, 3.8) is 0 Å². The second-order valence-electron chi connectivity index (χ2n) is 5.23. The molecule has 0 radical (unpaired) electrons. The minimum Gasteiger partial charge on any atom is -0.349 e. The number of nitrogens with zero attached hydrogens (tertiary/aromatic N) is 3. The van der Waals surface area contributed by atoms with Crippen molar-refractivity contribution in [3.05, 3.63) is 75.5 Å². The summed E-state index contributed by atoms with van der Waals surface area (Å²) in [6.07, 6.45) is 2.85. The summed E-state index contributed by atoms with van der Waals surface area (Å²) in [5, 5.41) is 5.31. The summed E-state index contributed by atoms with van der Waals surface area (Å²) in [5.41, 5.74) is 1.79. The average molecular weight is 341 g/mol. The highest BCUT2D eigenvalue weighted by Crippen LogP contribution is 2.21. The molecule has 2 heterocycles. The first-order valence-corrected chi connectivity index (χ1v) is 7.48. The molecule has 0 bridgehead atoms. The summed E-state index contributed by atoms with van der Waals surface area (Å²) in [5.74, 6) is -0.380. The second kappa shape index (κ2) is 5.58. The lowest BCUT2D eigenvalue weighted by Crippen LogP contribution is -2.17. The summed E-state index contributed by atoms with van der Waals surface area (Å²) < 4.78 is 14.5. The van der Waals surface area contributed by atoms with Crippen LogP contribution in [0.4, 0.5) is 4.39 Å². The van der Waals surface area contributed by atoms with Crippen LogP contribution < -0.4 is 5.56 Å². The van der Waals surface area contributed by atoms with Crippen LogP contribution in [-0.2, 0) is 0 Å². The molecule has 1 N–H and O–H groups in total. The molecule has 0 saturated heterocycles. The monoisotopic (exact) mass is 340 g/mol. The van der Waals surface area contributed by atoms with Gasteiger partial charge in [-0.3, -0.25) is 4.79 Å². The van der Waals surface area contributed by atoms with E-state index in [0.29, 0.717) is 21.4 Å². The zero-order valence-electron chi connectivity index (χ0n) is 12.2. The van der Waals surface area contributed by atoms with Gasteiger partial charge in [-0.1, -0.05) is 23.7 Å². The molecule has 2 aromatic carbocycles. The van der Waals surface area contributed by atoms with Crippen LogP contribution >= 0.6 is 11.6 Å². The van der Waals surface area contributed by atoms with Crippen LogP contribution in [0, 0.1) is 5.82 Å². The zero-order valence-corrected chi connectivity index (χ0v) is 13.0. The van der Waals surface area contributed by atoms with Crippen LogP contribution in [0.3, 0.4) is 0 Å². The predicted octanol–water partition coefficient (Wildman–Crippen LogP) is 3.55. The molecule has 7 heteroatoms. The lowest BCUT2D eigenvalue weighted by molar-refractivity contribution is 0.630. The number of nitrogens with one attached hydrogen (secondary N) is 1. The van der Waals surface area contributed by atoms with E-state index in [9.17, 15) is 9.18 Å². The van der Waals surface area contributed by atoms with E-state index in [1.165, 1.54) is 24.7 Å². The largest absolute Gasteiger partial charge is 0.349 e. The van der Waals surface area contributed by atoms with Crippen molar-refractivity contribution in [2.24, 2.45) is 5.10 Å². The Kier molecular flexibility index (Phi) is 3.39. The van der Waals surface area contributed by atoms with E-state index in [1.807, 2.05) is 0 Å². The topological polar surface area (TPSA) is 63.0 Å². The summed E-state index contributed by atoms with van der Waals surface area (Å²) in [6.45, 7) is 0. The van der Waals surface area contributed by atoms with Gasteiger partial charge in [0.25, 0.3) is 5.56 Å². The summed E-state index contributed by atoms with van der Waals surface area (Å²) in [6, 6.07) is 11.3. The maximum atomic E-state index is 13.4. The van der Waals surface area contributed by atoms with E-state index >= 15 is 0 Å². The van der Waals surface area contributed by atoms with E-state index in [0.717, 1.165) is 10.2 Å². The number of hydrogen-bond acceptors (Lipinski definition) is 3. The van der Waals surface area contributed by atoms with E-state index in [-0.39, 0.29) is 16.9 Å². The smallest absolute Gasteiger partial charge is 0.298 e. The van der Waals surface area contributed by atoms with Crippen molar-refractivity contribution in [2.45, 2.75) is 0 Å². The second-order valence-corrected chi connectivity index (χ2v) is 5.67. The lowest BCUT2D eigenvalue weighted by atomic mass is 10.2. The Labute approximate surface area is 140 Å². The van der Waals surface area contributed by atoms with E-state index < -0.39 is 0 Å². The Balaban J connectivity index is 1.82. The molecule has 0 aliphatic heterocycles. The van der Waals surface area contributed by atoms with Crippen molar-refractivity contribution in [1.82, 2.24) is 14.6 Å². The van der Waals surface area contributed by atoms with Gasteiger partial charge in [-0.25, -0.2) is 9.37 Å². The fraction of sp³-hybridized carbons (Fsp3) is 0. The van der Waals surface area contributed by atoms with Gasteiger partial charge in [-0.15, -0.1) is 0 Å². The Morgan fingerprint density at radius 1 is 1.21 bits per heavy atom. The number of rotatable bonds is 2. The fourth-order valence-corrected chi connectivity index (χ4v) is 2.60. The molecular formula is C17H10ClFN4O. The van der Waals surface area contributed by atoms with Crippen LogP contribution in [0.2, 0.25) is 5.02 Å². The van der Waals surface area contributed by atoms with Crippen molar-refractivity contribution in [3.8, 4) is 0 Å². The maximum Gasteiger partial charge on any atom is 0.298 e. The maximum absolute atomic E-state index is 13.4. The van der Waals surface area contributed by atoms with Crippen LogP contribution in [0.5, 0.6) is 0 Å². The van der Waals surface area contributed by atoms with E-state index in [4.69, 9.17) is 11.6 Å². The minimum absolute atomic E-state index is 0.284. The van der Waals surface area contributed by atoms with E-state index in [1.54, 1.807) is 30.3 Å². The normalized spacial score (nSPS) is 11.8. The minimum atomic E-state index is -0.380. The van der Waals surface area contributed by atoms with Gasteiger partial charge in [0, 0.05) is 15.9 Å². The van der Waals surface area contributed by atoms with Crippen LogP contribution in [-0.4, -0.2) is 20.9 Å². The first-order valence-electron chi connectivity index (χ1n) is 7.10. The number of benzene rings is 2. The van der Waals surface area contributed by atoms with Crippen LogP contribution in [0.15, 0.2) is 58.7 Å². The molecule has 0 aliphatic carbocycles. The van der Waals surface area contributed by atoms with Gasteiger partial charge in [-0.2, -0.15) is 9.78 Å². The van der Waals surface area contributed by atoms with Gasteiger partial charge < -0.3 is 4.98 Å². The highest BCUT2D eigenvalue weighted by molar-refractivity contribution is 6.30. The van der Waals surface area contributed by atoms with Gasteiger partial charge in [0.2, 0.25) is 0 Å². The Morgan fingerprint density at radius 3 is 2.79 bits per heavy atom. The molecule has 0 saturated carbocycles. The van der Waals surface area contributed by atoms with Gasteiger partial charge in [0.1, 0.15) is 23.2 Å². The summed E-state index contributed by atoms with van der Waals surface area (Å²) >= 11 is 5.83. The van der Waals surface area contributed by atoms with Crippen molar-refractivity contribution in [2.75, 3.05) is 0 Å². The molecule has 4 aromatic rings. The molecule has 0 fully saturated rings. The lowest BCUT2D eigenvalue weighted by Gasteiger charge is -1.98. The number of aromatic nitrogens is 3. The fourth-order valence-electron chi connectivity index (χ4n) is 2.48. The molecule has 24 heavy (non-hydrogen) atoms. The molecule has 0 spiro atoms. The number of hydrogen-bond donors (Lipinski definition) is 1. The number of aromatic amines is 1. The first kappa shape index (κ1) is 14.6. The Bertz CT molecular complexity index is 1150. The number of H-pyrrole nitrogens is 1. The molecule has 2 aromatic heterocycles. The first-order chi connectivity index (χ1) is 11.6. The third kappa shape index (κ3) is 2.47. The summed E-state index contributed by atoms with van der Waals surface area (Å²) in [4.78, 5) is 19.7. The van der Waals surface area contributed by atoms with Gasteiger partial charge in [-0.05, 0) is 35.9 Å². The molecule has 4 rings (SSSR count). The zero-order chi connectivity index (χ0) is 16.7. The molecule has 5 nitrogen and oxygen atoms in total. The van der Waals surface area contributed by atoms with Gasteiger partial charge >= 0.3 is 0 Å². The highest BCUT2D eigenvalue weighted by atomic mass is 35.5. The van der Waals surface area contributed by atoms with Crippen molar-refractivity contribution >= 4 is 39.8 Å². The van der Waals surface area contributed by atoms with Crippen LogP contribution in [0.1, 0.15) is 5.56 Å². The standard InChI is InChI=1S/C17H10ClFN4O/c18-11-3-1-10(2-4-11)8-21-23-9-20-15-13-7-12(19)5-6-14(13)22-16(15)17(23)24/h1-9,22H. The van der Waals surface area contributed by atoms with Crippen LogP contribution in [0.25, 0.3) is 21.9 Å². The molecule has 0 atom stereocenters. The quantitative estimate of drug-likeness (QED) is 0.567. The molecule has 0 unspecified atom stereocenters. The number of halogens is 2. The molecule has 0 aliphatic rings. The highest BCUT2D eigenvalue weighted by Gasteiger charge is 2.11. The van der Waals surface area contributed by atoms with E-state index in [2.05, 4.69) is 15.1 Å². The summed E-state index contributed by atoms with van der Waals surface area (Å²) in [7, 11) is 0. The average Bonchev–Trinajstić information content (AvgIpc) is 2.95. The Morgan fingerprint density at radius 2 is 2.00 bits per heavy atom. The predicted molar refractivity (Wildman–Crippen MR) is 92.3 cm³/mol. The third-order valence-electron chi connectivity index (χ3n) is 3.65. The number of fused-ring (bicyclic) bond motifs is 3. The van der Waals surface area contributed by atoms with Crippen molar-refractivity contribution in [1.29, 1.82) is 0 Å².